The molecule has 1 amide bonds. The van der Waals surface area contributed by atoms with E-state index < -0.39 is 0 Å². The lowest BCUT2D eigenvalue weighted by Gasteiger charge is -2.16. The summed E-state index contributed by atoms with van der Waals surface area (Å²) in [6, 6.07) is 9.69. The molecule has 0 bridgehead atoms. The number of carbonyl (C=O) groups excluding carboxylic acids is 1. The summed E-state index contributed by atoms with van der Waals surface area (Å²) in [5.41, 5.74) is 3.04. The third kappa shape index (κ3) is 4.36. The number of nitrogens with zero attached hydrogens (tertiary/aromatic N) is 3. The predicted octanol–water partition coefficient (Wildman–Crippen LogP) is 2.76. The Bertz CT molecular complexity index is 902. The molecule has 0 fully saturated rings. The van der Waals surface area contributed by atoms with Gasteiger partial charge in [0.05, 0.1) is 6.54 Å². The maximum absolute atomic E-state index is 12.1. The van der Waals surface area contributed by atoms with Crippen LogP contribution in [0.2, 0.25) is 0 Å². The Morgan fingerprint density at radius 2 is 2.11 bits per heavy atom. The van der Waals surface area contributed by atoms with Gasteiger partial charge in [0, 0.05) is 25.0 Å². The summed E-state index contributed by atoms with van der Waals surface area (Å²) in [6.07, 6.45) is 8.30. The summed E-state index contributed by atoms with van der Waals surface area (Å²) in [6.45, 7) is 1.31. The molecule has 0 saturated carbocycles. The number of ether oxygens (including phenoxy) is 1. The maximum Gasteiger partial charge on any atom is 0.273 e. The average Bonchev–Trinajstić information content (AvgIpc) is 3.38. The van der Waals surface area contributed by atoms with Crippen LogP contribution >= 0.6 is 0 Å². The molecule has 27 heavy (non-hydrogen) atoms. The SMILES string of the molecule is O=C(NCCn1cccn1)c1cc(COc2ccc3c(c2)CCCC3)on1. The highest BCUT2D eigenvalue weighted by atomic mass is 16.5. The van der Waals surface area contributed by atoms with Gasteiger partial charge in [-0.25, -0.2) is 0 Å². The van der Waals surface area contributed by atoms with Crippen molar-refractivity contribution in [3.63, 3.8) is 0 Å². The lowest BCUT2D eigenvalue weighted by molar-refractivity contribution is 0.0942. The highest BCUT2D eigenvalue weighted by Gasteiger charge is 2.14. The Morgan fingerprint density at radius 1 is 1.22 bits per heavy atom. The van der Waals surface area contributed by atoms with Crippen molar-refractivity contribution in [2.45, 2.75) is 38.8 Å². The third-order valence-electron chi connectivity index (χ3n) is 4.68. The van der Waals surface area contributed by atoms with Crippen LogP contribution in [0.3, 0.4) is 0 Å². The fraction of sp³-hybridized carbons (Fsp3) is 0.350. The minimum Gasteiger partial charge on any atom is -0.486 e. The summed E-state index contributed by atoms with van der Waals surface area (Å²) in [4.78, 5) is 12.1. The van der Waals surface area contributed by atoms with Crippen LogP contribution < -0.4 is 10.1 Å². The van der Waals surface area contributed by atoms with E-state index in [-0.39, 0.29) is 18.2 Å². The second kappa shape index (κ2) is 8.07. The second-order valence-electron chi connectivity index (χ2n) is 6.63. The van der Waals surface area contributed by atoms with Crippen molar-refractivity contribution < 1.29 is 14.1 Å². The van der Waals surface area contributed by atoms with Crippen molar-refractivity contribution in [3.8, 4) is 5.75 Å². The average molecular weight is 366 g/mol. The van der Waals surface area contributed by atoms with Crippen molar-refractivity contribution in [2.24, 2.45) is 0 Å². The number of rotatable bonds is 7. The quantitative estimate of drug-likeness (QED) is 0.695. The Balaban J connectivity index is 1.28. The minimum atomic E-state index is -0.272. The van der Waals surface area contributed by atoms with Gasteiger partial charge in [-0.15, -0.1) is 0 Å². The van der Waals surface area contributed by atoms with Gasteiger partial charge in [-0.3, -0.25) is 9.48 Å². The van der Waals surface area contributed by atoms with E-state index in [4.69, 9.17) is 9.26 Å². The highest BCUT2D eigenvalue weighted by molar-refractivity contribution is 5.92. The topological polar surface area (TPSA) is 82.2 Å². The number of hydrogen-bond donors (Lipinski definition) is 1. The molecule has 0 atom stereocenters. The van der Waals surface area contributed by atoms with Crippen molar-refractivity contribution in [3.05, 3.63) is 65.3 Å². The van der Waals surface area contributed by atoms with Crippen molar-refractivity contribution in [1.29, 1.82) is 0 Å². The molecular weight excluding hydrogens is 344 g/mol. The van der Waals surface area contributed by atoms with E-state index in [0.29, 0.717) is 18.8 Å². The van der Waals surface area contributed by atoms with Gasteiger partial charge in [-0.1, -0.05) is 11.2 Å². The largest absolute Gasteiger partial charge is 0.486 e. The number of hydrogen-bond acceptors (Lipinski definition) is 5. The van der Waals surface area contributed by atoms with E-state index in [0.717, 1.165) is 18.6 Å². The Hall–Kier alpha value is -3.09. The summed E-state index contributed by atoms with van der Waals surface area (Å²) in [5, 5.41) is 10.7. The number of amides is 1. The Kier molecular flexibility index (Phi) is 5.18. The second-order valence-corrected chi connectivity index (χ2v) is 6.63. The molecule has 0 spiro atoms. The van der Waals surface area contributed by atoms with E-state index in [1.54, 1.807) is 16.9 Å². The Labute approximate surface area is 157 Å². The molecular formula is C20H22N4O3. The fourth-order valence-corrected chi connectivity index (χ4v) is 3.25. The summed E-state index contributed by atoms with van der Waals surface area (Å²) < 4.78 is 12.8. The summed E-state index contributed by atoms with van der Waals surface area (Å²) >= 11 is 0. The van der Waals surface area contributed by atoms with Crippen LogP contribution in [-0.2, 0) is 26.0 Å². The number of aromatic nitrogens is 3. The summed E-state index contributed by atoms with van der Waals surface area (Å²) in [5.74, 6) is 1.06. The molecule has 0 aliphatic heterocycles. The first-order valence-electron chi connectivity index (χ1n) is 9.24. The molecule has 7 heteroatoms. The van der Waals surface area contributed by atoms with Crippen LogP contribution in [-0.4, -0.2) is 27.4 Å². The smallest absolute Gasteiger partial charge is 0.273 e. The van der Waals surface area contributed by atoms with Gasteiger partial charge in [0.15, 0.2) is 11.5 Å². The van der Waals surface area contributed by atoms with Crippen LogP contribution in [0.1, 0.15) is 40.2 Å². The van der Waals surface area contributed by atoms with Crippen LogP contribution in [0.5, 0.6) is 5.75 Å². The lowest BCUT2D eigenvalue weighted by Crippen LogP contribution is -2.27. The van der Waals surface area contributed by atoms with E-state index >= 15 is 0 Å². The lowest BCUT2D eigenvalue weighted by atomic mass is 9.92. The molecule has 3 aromatic rings. The third-order valence-corrected chi connectivity index (χ3v) is 4.68. The van der Waals surface area contributed by atoms with Crippen LogP contribution in [0.25, 0.3) is 0 Å². The Morgan fingerprint density at radius 3 is 2.96 bits per heavy atom. The first-order valence-corrected chi connectivity index (χ1v) is 9.24. The van der Waals surface area contributed by atoms with Gasteiger partial charge in [0.25, 0.3) is 5.91 Å². The van der Waals surface area contributed by atoms with Crippen molar-refractivity contribution >= 4 is 5.91 Å². The van der Waals surface area contributed by atoms with Crippen LogP contribution in [0.4, 0.5) is 0 Å². The zero-order valence-corrected chi connectivity index (χ0v) is 15.1. The van der Waals surface area contributed by atoms with Gasteiger partial charge < -0.3 is 14.6 Å². The normalized spacial score (nSPS) is 13.2. The number of aryl methyl sites for hydroxylation is 2. The van der Waals surface area contributed by atoms with Gasteiger partial charge in [0.1, 0.15) is 12.4 Å². The zero-order chi connectivity index (χ0) is 18.5. The molecule has 4 rings (SSSR count). The molecule has 7 nitrogen and oxygen atoms in total. The van der Waals surface area contributed by atoms with Gasteiger partial charge in [-0.2, -0.15) is 5.10 Å². The molecule has 0 unspecified atom stereocenters. The van der Waals surface area contributed by atoms with Crippen molar-refractivity contribution in [2.75, 3.05) is 6.54 Å². The molecule has 1 aliphatic carbocycles. The monoisotopic (exact) mass is 366 g/mol. The molecule has 0 saturated heterocycles. The molecule has 1 aliphatic rings. The number of fused-ring (bicyclic) bond motifs is 1. The molecule has 1 aromatic carbocycles. The summed E-state index contributed by atoms with van der Waals surface area (Å²) in [7, 11) is 0. The van der Waals surface area contributed by atoms with Gasteiger partial charge in [-0.05, 0) is 55.0 Å². The van der Waals surface area contributed by atoms with Gasteiger partial charge >= 0.3 is 0 Å². The standard InChI is InChI=1S/C20H22N4O3/c25-20(21-9-11-24-10-3-8-22-24)19-13-18(27-23-19)14-26-17-7-6-15-4-1-2-5-16(15)12-17/h3,6-8,10,12-13H,1-2,4-5,9,11,14H2,(H,21,25). The molecule has 140 valence electrons. The number of carbonyl (C=O) groups is 1. The predicted molar refractivity (Wildman–Crippen MR) is 98.5 cm³/mol. The zero-order valence-electron chi connectivity index (χ0n) is 15.1. The van der Waals surface area contributed by atoms with Crippen molar-refractivity contribution in [1.82, 2.24) is 20.3 Å². The molecule has 2 aromatic heterocycles. The molecule has 0 radical (unpaired) electrons. The number of nitrogens with one attached hydrogen (secondary N) is 1. The van der Waals surface area contributed by atoms with Gasteiger partial charge in [0.2, 0.25) is 0 Å². The van der Waals surface area contributed by atoms with E-state index in [1.165, 1.54) is 24.0 Å². The molecule has 2 heterocycles. The van der Waals surface area contributed by atoms with E-state index in [9.17, 15) is 4.79 Å². The first kappa shape index (κ1) is 17.3. The van der Waals surface area contributed by atoms with Crippen LogP contribution in [0.15, 0.2) is 47.2 Å². The first-order chi connectivity index (χ1) is 13.3. The molecule has 1 N–H and O–H groups in total. The number of benzene rings is 1. The fourth-order valence-electron chi connectivity index (χ4n) is 3.25. The van der Waals surface area contributed by atoms with E-state index in [1.807, 2.05) is 18.3 Å². The van der Waals surface area contributed by atoms with E-state index in [2.05, 4.69) is 27.7 Å². The maximum atomic E-state index is 12.1. The van der Waals surface area contributed by atoms with Crippen LogP contribution in [0, 0.1) is 0 Å². The highest BCUT2D eigenvalue weighted by Crippen LogP contribution is 2.25. The minimum absolute atomic E-state index is 0.242.